The van der Waals surface area contributed by atoms with Gasteiger partial charge in [0.2, 0.25) is 0 Å². The number of amides is 2. The highest BCUT2D eigenvalue weighted by atomic mass is 79.9. The molecule has 1 aromatic rings. The van der Waals surface area contributed by atoms with Crippen LogP contribution in [0.1, 0.15) is 12.6 Å². The summed E-state index contributed by atoms with van der Waals surface area (Å²) >= 11 is 5.75. The molecule has 2 aliphatic heterocycles. The SMILES string of the molecule is CON=C(C(=O)NC1C(=O)N2C(C(=O)O)=CC(C)S[C@H]12)c1nc(N)sc1Br.Cl. The molecule has 28 heavy (non-hydrogen) atoms. The van der Waals surface area contributed by atoms with Gasteiger partial charge < -0.3 is 21.0 Å². The monoisotopic (exact) mass is 511 g/mol. The summed E-state index contributed by atoms with van der Waals surface area (Å²) in [6.07, 6.45) is 1.51. The average molecular weight is 513 g/mol. The van der Waals surface area contributed by atoms with E-state index in [4.69, 9.17) is 10.6 Å². The minimum Gasteiger partial charge on any atom is -0.477 e. The Hall–Kier alpha value is -1.83. The maximum absolute atomic E-state index is 12.7. The standard InChI is InChI=1S/C14H14BrN5O5S2.ClH/c1-4-3-5(13(23)24)20-11(22)8(12(20)26-4)17-10(21)7(19-25-2)6-9(15)27-14(16)18-6;/h3-4,8,12H,1-2H3,(H2,16,18)(H,17,21)(H,23,24);1H/t4?,8?,12-;/m1./s1. The molecule has 152 valence electrons. The molecule has 3 heterocycles. The summed E-state index contributed by atoms with van der Waals surface area (Å²) in [5, 5.41) is 15.2. The van der Waals surface area contributed by atoms with Crippen LogP contribution < -0.4 is 11.1 Å². The minimum atomic E-state index is -1.19. The van der Waals surface area contributed by atoms with Crippen LogP contribution in [0.15, 0.2) is 20.7 Å². The lowest BCUT2D eigenvalue weighted by Gasteiger charge is -2.49. The van der Waals surface area contributed by atoms with E-state index in [-0.39, 0.29) is 39.9 Å². The number of anilines is 1. The number of thioether (sulfide) groups is 1. The first kappa shape index (κ1) is 22.5. The van der Waals surface area contributed by atoms with E-state index in [1.165, 1.54) is 29.8 Å². The van der Waals surface area contributed by atoms with Crippen LogP contribution in [-0.2, 0) is 19.2 Å². The summed E-state index contributed by atoms with van der Waals surface area (Å²) in [5.74, 6) is -2.37. The summed E-state index contributed by atoms with van der Waals surface area (Å²) in [5.41, 5.74) is 5.61. The molecule has 0 aliphatic carbocycles. The summed E-state index contributed by atoms with van der Waals surface area (Å²) < 4.78 is 0.490. The lowest BCUT2D eigenvalue weighted by molar-refractivity contribution is -0.150. The summed E-state index contributed by atoms with van der Waals surface area (Å²) in [6.45, 7) is 1.82. The number of oxime groups is 1. The molecule has 0 spiro atoms. The Morgan fingerprint density at radius 2 is 2.18 bits per heavy atom. The zero-order chi connectivity index (χ0) is 19.9. The third-order valence-electron chi connectivity index (χ3n) is 3.78. The van der Waals surface area contributed by atoms with Crippen LogP contribution in [-0.4, -0.2) is 62.3 Å². The molecule has 2 unspecified atom stereocenters. The maximum atomic E-state index is 12.7. The fraction of sp³-hybridized carbons (Fsp3) is 0.357. The van der Waals surface area contributed by atoms with Crippen molar-refractivity contribution in [2.75, 3.05) is 12.8 Å². The van der Waals surface area contributed by atoms with Gasteiger partial charge in [0, 0.05) is 5.25 Å². The van der Waals surface area contributed by atoms with Crippen molar-refractivity contribution in [3.8, 4) is 0 Å². The van der Waals surface area contributed by atoms with Crippen molar-refractivity contribution in [3.63, 3.8) is 0 Å². The number of hydrogen-bond donors (Lipinski definition) is 3. The van der Waals surface area contributed by atoms with Crippen LogP contribution in [0, 0.1) is 0 Å². The van der Waals surface area contributed by atoms with Gasteiger partial charge in [-0.1, -0.05) is 16.5 Å². The molecule has 0 aromatic carbocycles. The Kier molecular flexibility index (Phi) is 6.96. The molecule has 10 nitrogen and oxygen atoms in total. The van der Waals surface area contributed by atoms with Crippen molar-refractivity contribution in [1.29, 1.82) is 0 Å². The fourth-order valence-electron chi connectivity index (χ4n) is 2.68. The number of nitrogen functional groups attached to an aromatic ring is 1. The minimum absolute atomic E-state index is 0. The van der Waals surface area contributed by atoms with Gasteiger partial charge in [-0.25, -0.2) is 9.78 Å². The number of aliphatic carboxylic acids is 1. The van der Waals surface area contributed by atoms with Gasteiger partial charge >= 0.3 is 5.97 Å². The van der Waals surface area contributed by atoms with E-state index in [9.17, 15) is 19.5 Å². The van der Waals surface area contributed by atoms with Crippen LogP contribution >= 0.6 is 51.4 Å². The second-order valence-electron chi connectivity index (χ2n) is 5.55. The van der Waals surface area contributed by atoms with Crippen LogP contribution in [0.4, 0.5) is 5.13 Å². The van der Waals surface area contributed by atoms with Gasteiger partial charge in [-0.3, -0.25) is 14.5 Å². The van der Waals surface area contributed by atoms with Gasteiger partial charge in [0.25, 0.3) is 11.8 Å². The van der Waals surface area contributed by atoms with Gasteiger partial charge in [0.15, 0.2) is 10.8 Å². The second kappa shape index (κ2) is 8.68. The number of nitrogens with one attached hydrogen (secondary N) is 1. The average Bonchev–Trinajstić information content (AvgIpc) is 2.94. The molecule has 1 aromatic heterocycles. The quantitative estimate of drug-likeness (QED) is 0.301. The maximum Gasteiger partial charge on any atom is 0.352 e. The zero-order valence-electron chi connectivity index (χ0n) is 14.4. The highest BCUT2D eigenvalue weighted by Crippen LogP contribution is 2.40. The predicted molar refractivity (Wildman–Crippen MR) is 110 cm³/mol. The van der Waals surface area contributed by atoms with E-state index in [1.54, 1.807) is 0 Å². The normalized spacial score (nSPS) is 23.8. The highest BCUT2D eigenvalue weighted by molar-refractivity contribution is 9.11. The molecule has 4 N–H and O–H groups in total. The van der Waals surface area contributed by atoms with Crippen LogP contribution in [0.3, 0.4) is 0 Å². The number of halogens is 2. The lowest BCUT2D eigenvalue weighted by atomic mass is 10.0. The zero-order valence-corrected chi connectivity index (χ0v) is 18.4. The Morgan fingerprint density at radius 1 is 1.50 bits per heavy atom. The smallest absolute Gasteiger partial charge is 0.352 e. The molecule has 0 radical (unpaired) electrons. The lowest BCUT2D eigenvalue weighted by Crippen LogP contribution is -2.71. The summed E-state index contributed by atoms with van der Waals surface area (Å²) in [6, 6.07) is -0.884. The molecule has 0 saturated carbocycles. The molecule has 3 atom stereocenters. The van der Waals surface area contributed by atoms with Crippen molar-refractivity contribution in [1.82, 2.24) is 15.2 Å². The van der Waals surface area contributed by atoms with Crippen LogP contribution in [0.25, 0.3) is 0 Å². The topological polar surface area (TPSA) is 147 Å². The second-order valence-corrected chi connectivity index (χ2v) is 9.39. The summed E-state index contributed by atoms with van der Waals surface area (Å²) in [7, 11) is 1.27. The van der Waals surface area contributed by atoms with E-state index in [0.29, 0.717) is 3.79 Å². The largest absolute Gasteiger partial charge is 0.477 e. The fourth-order valence-corrected chi connectivity index (χ4v) is 5.35. The number of β-lactam (4-membered cyclic amide) rings is 1. The first-order valence-electron chi connectivity index (χ1n) is 7.52. The van der Waals surface area contributed by atoms with E-state index in [1.807, 2.05) is 6.92 Å². The van der Waals surface area contributed by atoms with Gasteiger partial charge in [-0.2, -0.15) is 0 Å². The van der Waals surface area contributed by atoms with Crippen molar-refractivity contribution in [3.05, 3.63) is 21.3 Å². The van der Waals surface area contributed by atoms with Crippen LogP contribution in [0.5, 0.6) is 0 Å². The van der Waals surface area contributed by atoms with Crippen molar-refractivity contribution >= 4 is 80.1 Å². The number of aromatic nitrogens is 1. The molecule has 0 bridgehead atoms. The van der Waals surface area contributed by atoms with E-state index in [0.717, 1.165) is 11.3 Å². The first-order valence-corrected chi connectivity index (χ1v) is 10.1. The van der Waals surface area contributed by atoms with Gasteiger partial charge in [-0.15, -0.1) is 24.2 Å². The molecule has 1 fully saturated rings. The Bertz CT molecular complexity index is 891. The summed E-state index contributed by atoms with van der Waals surface area (Å²) in [4.78, 5) is 46.4. The molecule has 14 heteroatoms. The third kappa shape index (κ3) is 3.97. The number of carbonyl (C=O) groups is 3. The van der Waals surface area contributed by atoms with E-state index in [2.05, 4.69) is 31.4 Å². The van der Waals surface area contributed by atoms with E-state index >= 15 is 0 Å². The van der Waals surface area contributed by atoms with Crippen LogP contribution in [0.2, 0.25) is 0 Å². The molecule has 3 rings (SSSR count). The number of thiazole rings is 1. The third-order valence-corrected chi connectivity index (χ3v) is 6.64. The van der Waals surface area contributed by atoms with Crippen molar-refractivity contribution in [2.24, 2.45) is 5.16 Å². The molecular weight excluding hydrogens is 498 g/mol. The number of carbonyl (C=O) groups excluding carboxylic acids is 2. The van der Waals surface area contributed by atoms with E-state index < -0.39 is 29.2 Å². The Balaban J connectivity index is 0.00000280. The van der Waals surface area contributed by atoms with Gasteiger partial charge in [-0.05, 0) is 28.9 Å². The molecule has 2 aliphatic rings. The highest BCUT2D eigenvalue weighted by Gasteiger charge is 2.54. The van der Waals surface area contributed by atoms with Crippen molar-refractivity contribution in [2.45, 2.75) is 23.6 Å². The first-order chi connectivity index (χ1) is 12.7. The number of hydrogen-bond acceptors (Lipinski definition) is 9. The Labute approximate surface area is 182 Å². The molecule has 2 amide bonds. The van der Waals surface area contributed by atoms with Gasteiger partial charge in [0.1, 0.15) is 33.7 Å². The van der Waals surface area contributed by atoms with Crippen molar-refractivity contribution < 1.29 is 24.3 Å². The van der Waals surface area contributed by atoms with Gasteiger partial charge in [0.05, 0.1) is 0 Å². The Morgan fingerprint density at radius 3 is 2.71 bits per heavy atom. The predicted octanol–water partition coefficient (Wildman–Crippen LogP) is 1.02. The number of nitrogens with two attached hydrogens (primary N) is 1. The number of nitrogens with zero attached hydrogens (tertiary/aromatic N) is 3. The number of carboxylic acid groups (broad SMARTS) is 1. The number of carboxylic acids is 1. The molecule has 1 saturated heterocycles. The molecular formula is C14H15BrClN5O5S2. The number of fused-ring (bicyclic) bond motifs is 1. The number of rotatable bonds is 5.